The highest BCUT2D eigenvalue weighted by atomic mass is 16.6. The zero-order chi connectivity index (χ0) is 30.3. The molecule has 0 amide bonds. The molecule has 0 aromatic heterocycles. The van der Waals surface area contributed by atoms with Gasteiger partial charge in [-0.2, -0.15) is 0 Å². The van der Waals surface area contributed by atoms with Crippen molar-refractivity contribution in [3.05, 3.63) is 65.3 Å². The minimum atomic E-state index is -1.08. The Morgan fingerprint density at radius 1 is 1.02 bits per heavy atom. The molecule has 0 unspecified atom stereocenters. The van der Waals surface area contributed by atoms with Crippen molar-refractivity contribution in [1.29, 1.82) is 0 Å². The van der Waals surface area contributed by atoms with E-state index in [9.17, 15) is 24.3 Å². The van der Waals surface area contributed by atoms with Crippen molar-refractivity contribution in [3.63, 3.8) is 0 Å². The van der Waals surface area contributed by atoms with Crippen LogP contribution in [0.3, 0.4) is 0 Å². The lowest BCUT2D eigenvalue weighted by atomic mass is 9.49. The molecule has 0 spiro atoms. The topological polar surface area (TPSA) is 116 Å². The maximum Gasteiger partial charge on any atom is 0.331 e. The standard InChI is InChI=1S/C33H40O8/c1-18-24(36)17-23-29(38)27-19(2)25(41-26(37)14-13-22-11-9-8-10-12-22)15-16-33(27,7)31(40-21(4)35)30(39-20(3)34)28(18)32(23,5)6/h8-14,23,25,27,29-31,38H,2,15-17H2,1,3-7H3/b14-13+/t23-,25+,27+,29-,30-,31+,33-/m1/s1. The Morgan fingerprint density at radius 2 is 1.66 bits per heavy atom. The average Bonchev–Trinajstić information content (AvgIpc) is 2.89. The van der Waals surface area contributed by atoms with E-state index in [0.29, 0.717) is 29.6 Å². The lowest BCUT2D eigenvalue weighted by Crippen LogP contribution is -2.63. The smallest absolute Gasteiger partial charge is 0.331 e. The molecule has 4 rings (SSSR count). The summed E-state index contributed by atoms with van der Waals surface area (Å²) in [7, 11) is 0. The fourth-order valence-corrected chi connectivity index (χ4v) is 7.35. The zero-order valence-corrected chi connectivity index (χ0v) is 24.6. The van der Waals surface area contributed by atoms with Crippen LogP contribution in [-0.4, -0.2) is 53.2 Å². The van der Waals surface area contributed by atoms with Gasteiger partial charge in [0.1, 0.15) is 12.2 Å². The Morgan fingerprint density at radius 3 is 2.27 bits per heavy atom. The Balaban J connectivity index is 1.78. The molecule has 1 N–H and O–H groups in total. The highest BCUT2D eigenvalue weighted by molar-refractivity contribution is 5.97. The van der Waals surface area contributed by atoms with Crippen molar-refractivity contribution in [3.8, 4) is 0 Å². The predicted molar refractivity (Wildman–Crippen MR) is 152 cm³/mol. The van der Waals surface area contributed by atoms with Gasteiger partial charge in [-0.25, -0.2) is 4.79 Å². The van der Waals surface area contributed by atoms with E-state index in [4.69, 9.17) is 14.2 Å². The predicted octanol–water partition coefficient (Wildman–Crippen LogP) is 4.75. The van der Waals surface area contributed by atoms with Crippen molar-refractivity contribution in [2.45, 2.75) is 85.2 Å². The first-order valence-corrected chi connectivity index (χ1v) is 14.1. The van der Waals surface area contributed by atoms with Crippen LogP contribution in [-0.2, 0) is 33.4 Å². The quantitative estimate of drug-likeness (QED) is 0.236. The molecule has 8 heteroatoms. The van der Waals surface area contributed by atoms with Gasteiger partial charge in [-0.1, -0.05) is 57.7 Å². The number of hydrogen-bond donors (Lipinski definition) is 1. The third kappa shape index (κ3) is 5.67. The third-order valence-corrected chi connectivity index (χ3v) is 9.34. The Labute approximate surface area is 241 Å². The fraction of sp³-hybridized carbons (Fsp3) is 0.515. The fourth-order valence-electron chi connectivity index (χ4n) is 7.35. The van der Waals surface area contributed by atoms with E-state index in [0.717, 1.165) is 5.56 Å². The van der Waals surface area contributed by atoms with Crippen molar-refractivity contribution < 1.29 is 38.5 Å². The molecule has 0 heterocycles. The lowest BCUT2D eigenvalue weighted by molar-refractivity contribution is -0.196. The first-order valence-electron chi connectivity index (χ1n) is 14.1. The number of fused-ring (bicyclic) bond motifs is 3. The number of ether oxygens (including phenoxy) is 3. The van der Waals surface area contributed by atoms with Gasteiger partial charge in [0.25, 0.3) is 0 Å². The molecule has 0 aliphatic heterocycles. The van der Waals surface area contributed by atoms with E-state index in [2.05, 4.69) is 6.58 Å². The molecule has 2 fully saturated rings. The van der Waals surface area contributed by atoms with Crippen molar-refractivity contribution in [2.75, 3.05) is 0 Å². The second kappa shape index (κ2) is 11.4. The van der Waals surface area contributed by atoms with Crippen LogP contribution < -0.4 is 0 Å². The molecule has 3 aliphatic rings. The molecule has 7 atom stereocenters. The number of esters is 3. The monoisotopic (exact) mass is 564 g/mol. The van der Waals surface area contributed by atoms with Gasteiger partial charge in [-0.05, 0) is 53.5 Å². The van der Waals surface area contributed by atoms with Gasteiger partial charge >= 0.3 is 17.9 Å². The van der Waals surface area contributed by atoms with Crippen molar-refractivity contribution in [2.24, 2.45) is 22.7 Å². The van der Waals surface area contributed by atoms with Crippen LogP contribution in [0.1, 0.15) is 66.4 Å². The number of benzene rings is 1. The van der Waals surface area contributed by atoms with Gasteiger partial charge in [0.15, 0.2) is 11.9 Å². The molecule has 2 bridgehead atoms. The summed E-state index contributed by atoms with van der Waals surface area (Å²) in [5.41, 5.74) is 0.591. The van der Waals surface area contributed by atoms with E-state index < -0.39 is 65.0 Å². The summed E-state index contributed by atoms with van der Waals surface area (Å²) in [5.74, 6) is -3.15. The van der Waals surface area contributed by atoms with Crippen LogP contribution in [0.5, 0.6) is 0 Å². The summed E-state index contributed by atoms with van der Waals surface area (Å²) in [4.78, 5) is 51.0. The van der Waals surface area contributed by atoms with E-state index >= 15 is 0 Å². The summed E-state index contributed by atoms with van der Waals surface area (Å²) in [6.07, 6.45) is -0.00668. The van der Waals surface area contributed by atoms with E-state index in [-0.39, 0.29) is 12.2 Å². The second-order valence-electron chi connectivity index (χ2n) is 12.3. The van der Waals surface area contributed by atoms with E-state index in [1.165, 1.54) is 19.9 Å². The number of Topliss-reactive ketones (excluding diaryl/α,β-unsaturated/α-hetero) is 1. The van der Waals surface area contributed by atoms with Crippen LogP contribution >= 0.6 is 0 Å². The molecule has 1 aromatic carbocycles. The Hall–Kier alpha value is -3.52. The van der Waals surface area contributed by atoms with Gasteiger partial charge in [0.05, 0.1) is 6.10 Å². The first kappa shape index (κ1) is 30.4. The number of aliphatic hydroxyl groups excluding tert-OH is 1. The number of ketones is 1. The molecule has 0 radical (unpaired) electrons. The SMILES string of the molecule is C=C1[C@@H](OC(=O)/C=C/c2ccccc2)CC[C@@]2(C)[C@@H](OC(C)=O)[C@H](OC(C)=O)C3=C(C)C(=O)C[C@H]([C@@H](O)[C@H]12)C3(C)C. The summed E-state index contributed by atoms with van der Waals surface area (Å²) in [6, 6.07) is 9.35. The second-order valence-corrected chi connectivity index (χ2v) is 12.3. The number of allylic oxidation sites excluding steroid dienone is 1. The Kier molecular flexibility index (Phi) is 8.46. The largest absolute Gasteiger partial charge is 0.458 e. The van der Waals surface area contributed by atoms with Crippen LogP contribution in [0.2, 0.25) is 0 Å². The number of hydrogen-bond acceptors (Lipinski definition) is 8. The molecule has 2 saturated carbocycles. The van der Waals surface area contributed by atoms with Gasteiger partial charge in [0, 0.05) is 43.6 Å². The lowest BCUT2D eigenvalue weighted by Gasteiger charge is -2.58. The van der Waals surface area contributed by atoms with Crippen LogP contribution in [0.4, 0.5) is 0 Å². The molecule has 8 nitrogen and oxygen atoms in total. The molecule has 1 aromatic rings. The van der Waals surface area contributed by atoms with Crippen LogP contribution in [0, 0.1) is 22.7 Å². The van der Waals surface area contributed by atoms with Gasteiger partial charge < -0.3 is 19.3 Å². The maximum atomic E-state index is 13.3. The highest BCUT2D eigenvalue weighted by Gasteiger charge is 2.63. The molecule has 0 saturated heterocycles. The van der Waals surface area contributed by atoms with Crippen LogP contribution in [0.15, 0.2) is 59.7 Å². The summed E-state index contributed by atoms with van der Waals surface area (Å²) < 4.78 is 17.7. The number of rotatable bonds is 5. The average molecular weight is 565 g/mol. The normalized spacial score (nSPS) is 33.0. The number of carbonyl (C=O) groups is 4. The summed E-state index contributed by atoms with van der Waals surface area (Å²) >= 11 is 0. The molecule has 41 heavy (non-hydrogen) atoms. The first-order chi connectivity index (χ1) is 19.2. The highest BCUT2D eigenvalue weighted by Crippen LogP contribution is 2.59. The minimum Gasteiger partial charge on any atom is -0.458 e. The number of aliphatic hydroxyl groups is 1. The van der Waals surface area contributed by atoms with E-state index in [1.807, 2.05) is 51.1 Å². The maximum absolute atomic E-state index is 13.3. The van der Waals surface area contributed by atoms with E-state index in [1.54, 1.807) is 13.0 Å². The van der Waals surface area contributed by atoms with Crippen LogP contribution in [0.25, 0.3) is 6.08 Å². The summed E-state index contributed by atoms with van der Waals surface area (Å²) in [6.45, 7) is 14.3. The van der Waals surface area contributed by atoms with Crippen molar-refractivity contribution in [1.82, 2.24) is 0 Å². The number of carbonyl (C=O) groups excluding carboxylic acids is 4. The van der Waals surface area contributed by atoms with Crippen molar-refractivity contribution >= 4 is 29.8 Å². The van der Waals surface area contributed by atoms with Gasteiger partial charge in [0.2, 0.25) is 0 Å². The Bertz CT molecular complexity index is 1310. The molecule has 220 valence electrons. The summed E-state index contributed by atoms with van der Waals surface area (Å²) in [5, 5.41) is 12.1. The molecule has 3 aliphatic carbocycles. The van der Waals surface area contributed by atoms with Gasteiger partial charge in [-0.3, -0.25) is 14.4 Å². The van der Waals surface area contributed by atoms with Gasteiger partial charge in [-0.15, -0.1) is 0 Å². The third-order valence-electron chi connectivity index (χ3n) is 9.34. The zero-order valence-electron chi connectivity index (χ0n) is 24.6. The minimum absolute atomic E-state index is 0.0959. The molecular weight excluding hydrogens is 524 g/mol. The molecular formula is C33H40O8.